The molecule has 0 aromatic heterocycles. The summed E-state index contributed by atoms with van der Waals surface area (Å²) in [5.41, 5.74) is 7.63. The Hall–Kier alpha value is -1.59. The minimum Gasteiger partial charge on any atom is -0.353 e. The molecule has 5 nitrogen and oxygen atoms in total. The summed E-state index contributed by atoms with van der Waals surface area (Å²) in [4.78, 5) is 23.7. The maximum atomic E-state index is 11.9. The maximum Gasteiger partial charge on any atom is 0.251 e. The lowest BCUT2D eigenvalue weighted by atomic mass is 9.82. The number of hydrogen-bond donors (Lipinski definition) is 3. The average Bonchev–Trinajstić information content (AvgIpc) is 2.52. The number of rotatable bonds is 5. The van der Waals surface area contributed by atoms with Gasteiger partial charge >= 0.3 is 0 Å². The van der Waals surface area contributed by atoms with E-state index in [2.05, 4.69) is 10.6 Å². The zero-order valence-corrected chi connectivity index (χ0v) is 14.4. The molecule has 0 aliphatic heterocycles. The van der Waals surface area contributed by atoms with E-state index in [0.29, 0.717) is 12.1 Å². The van der Waals surface area contributed by atoms with Crippen molar-refractivity contribution in [3.05, 3.63) is 35.4 Å². The van der Waals surface area contributed by atoms with Gasteiger partial charge in [-0.2, -0.15) is 0 Å². The van der Waals surface area contributed by atoms with Gasteiger partial charge < -0.3 is 16.4 Å². The van der Waals surface area contributed by atoms with E-state index in [1.54, 1.807) is 12.1 Å². The summed E-state index contributed by atoms with van der Waals surface area (Å²) in [6.07, 6.45) is 5.36. The van der Waals surface area contributed by atoms with Crippen molar-refractivity contribution in [2.24, 2.45) is 5.73 Å². The second-order valence-electron chi connectivity index (χ2n) is 6.25. The third-order valence-electron chi connectivity index (χ3n) is 4.21. The maximum absolute atomic E-state index is 11.9. The molecule has 0 heterocycles. The molecule has 0 bridgehead atoms. The molecule has 0 unspecified atom stereocenters. The molecular weight excluding hydrogens is 314 g/mol. The van der Waals surface area contributed by atoms with Crippen LogP contribution in [0.1, 0.15) is 48.0 Å². The molecule has 1 aromatic carbocycles. The number of nitrogens with two attached hydrogens (primary N) is 1. The SMILES string of the molecule is Cc1ccc(C(=O)NCC(=O)NCC2(N)CCCCC2)cc1.Cl. The third-order valence-corrected chi connectivity index (χ3v) is 4.21. The molecule has 0 saturated heterocycles. The molecule has 2 rings (SSSR count). The lowest BCUT2D eigenvalue weighted by Crippen LogP contribution is -2.52. The van der Waals surface area contributed by atoms with E-state index < -0.39 is 0 Å². The van der Waals surface area contributed by atoms with E-state index in [9.17, 15) is 9.59 Å². The lowest BCUT2D eigenvalue weighted by Gasteiger charge is -2.33. The minimum absolute atomic E-state index is 0. The number of amides is 2. The molecule has 4 N–H and O–H groups in total. The first-order valence-electron chi connectivity index (χ1n) is 7.89. The van der Waals surface area contributed by atoms with Crippen molar-refractivity contribution in [2.45, 2.75) is 44.6 Å². The third kappa shape index (κ3) is 6.20. The smallest absolute Gasteiger partial charge is 0.251 e. The van der Waals surface area contributed by atoms with Gasteiger partial charge in [-0.15, -0.1) is 12.4 Å². The predicted octanol–water partition coefficient (Wildman–Crippen LogP) is 1.92. The zero-order valence-electron chi connectivity index (χ0n) is 13.6. The summed E-state index contributed by atoms with van der Waals surface area (Å²) < 4.78 is 0. The molecule has 1 aliphatic rings. The molecule has 0 radical (unpaired) electrons. The average molecular weight is 340 g/mol. The number of nitrogens with one attached hydrogen (secondary N) is 2. The molecule has 1 aromatic rings. The van der Waals surface area contributed by atoms with Crippen molar-refractivity contribution in [2.75, 3.05) is 13.1 Å². The number of benzene rings is 1. The van der Waals surface area contributed by atoms with Crippen LogP contribution < -0.4 is 16.4 Å². The van der Waals surface area contributed by atoms with Gasteiger partial charge in [0, 0.05) is 17.6 Å². The number of carbonyl (C=O) groups is 2. The molecule has 0 atom stereocenters. The highest BCUT2D eigenvalue weighted by Crippen LogP contribution is 2.24. The first kappa shape index (κ1) is 19.5. The van der Waals surface area contributed by atoms with Gasteiger partial charge in [0.25, 0.3) is 5.91 Å². The van der Waals surface area contributed by atoms with Gasteiger partial charge in [0.1, 0.15) is 0 Å². The van der Waals surface area contributed by atoms with Crippen LogP contribution in [0, 0.1) is 6.92 Å². The highest BCUT2D eigenvalue weighted by molar-refractivity contribution is 5.96. The van der Waals surface area contributed by atoms with Crippen LogP contribution in [-0.4, -0.2) is 30.4 Å². The Morgan fingerprint density at radius 2 is 1.70 bits per heavy atom. The van der Waals surface area contributed by atoms with Crippen LogP contribution in [-0.2, 0) is 4.79 Å². The number of hydrogen-bond acceptors (Lipinski definition) is 3. The second-order valence-corrected chi connectivity index (χ2v) is 6.25. The van der Waals surface area contributed by atoms with Crippen molar-refractivity contribution in [1.29, 1.82) is 0 Å². The minimum atomic E-state index is -0.283. The van der Waals surface area contributed by atoms with Crippen LogP contribution in [0.5, 0.6) is 0 Å². The molecular formula is C17H26ClN3O2. The fraction of sp³-hybridized carbons (Fsp3) is 0.529. The largest absolute Gasteiger partial charge is 0.353 e. The van der Waals surface area contributed by atoms with Crippen molar-refractivity contribution in [1.82, 2.24) is 10.6 Å². The summed E-state index contributed by atoms with van der Waals surface area (Å²) in [7, 11) is 0. The topological polar surface area (TPSA) is 84.2 Å². The normalized spacial score (nSPS) is 16.1. The molecule has 23 heavy (non-hydrogen) atoms. The van der Waals surface area contributed by atoms with E-state index in [-0.39, 0.29) is 36.3 Å². The Kier molecular flexibility index (Phi) is 7.52. The van der Waals surface area contributed by atoms with Crippen molar-refractivity contribution in [3.8, 4) is 0 Å². The fourth-order valence-electron chi connectivity index (χ4n) is 2.74. The van der Waals surface area contributed by atoms with Gasteiger partial charge in [0.05, 0.1) is 6.54 Å². The molecule has 0 spiro atoms. The van der Waals surface area contributed by atoms with E-state index in [1.807, 2.05) is 19.1 Å². The van der Waals surface area contributed by atoms with Crippen molar-refractivity contribution < 1.29 is 9.59 Å². The Labute approximate surface area is 143 Å². The van der Waals surface area contributed by atoms with Crippen LogP contribution in [0.15, 0.2) is 24.3 Å². The monoisotopic (exact) mass is 339 g/mol. The molecule has 1 fully saturated rings. The second kappa shape index (κ2) is 8.89. The summed E-state index contributed by atoms with van der Waals surface area (Å²) in [6.45, 7) is 2.41. The van der Waals surface area contributed by atoms with Gasteiger partial charge in [-0.3, -0.25) is 9.59 Å². The molecule has 1 saturated carbocycles. The van der Waals surface area contributed by atoms with Gasteiger partial charge in [-0.25, -0.2) is 0 Å². The standard InChI is InChI=1S/C17H25N3O2.ClH/c1-13-5-7-14(8-6-13)16(22)19-11-15(21)20-12-17(18)9-3-2-4-10-17;/h5-8H,2-4,9-12,18H2,1H3,(H,19,22)(H,20,21);1H. The van der Waals surface area contributed by atoms with Crippen LogP contribution >= 0.6 is 12.4 Å². The Morgan fingerprint density at radius 1 is 1.09 bits per heavy atom. The summed E-state index contributed by atoms with van der Waals surface area (Å²) in [5, 5.41) is 5.46. The van der Waals surface area contributed by atoms with Crippen LogP contribution in [0.3, 0.4) is 0 Å². The molecule has 2 amide bonds. The summed E-state index contributed by atoms with van der Waals surface area (Å²) in [6, 6.07) is 7.24. The lowest BCUT2D eigenvalue weighted by molar-refractivity contribution is -0.120. The number of aryl methyl sites for hydroxylation is 1. The summed E-state index contributed by atoms with van der Waals surface area (Å²) in [5.74, 6) is -0.439. The molecule has 1 aliphatic carbocycles. The van der Waals surface area contributed by atoms with Gasteiger partial charge in [0.2, 0.25) is 5.91 Å². The van der Waals surface area contributed by atoms with E-state index in [0.717, 1.165) is 31.2 Å². The van der Waals surface area contributed by atoms with Gasteiger partial charge in [0.15, 0.2) is 0 Å². The van der Waals surface area contributed by atoms with Crippen LogP contribution in [0.2, 0.25) is 0 Å². The Bertz CT molecular complexity index is 525. The first-order chi connectivity index (χ1) is 10.5. The highest BCUT2D eigenvalue weighted by Gasteiger charge is 2.27. The van der Waals surface area contributed by atoms with Gasteiger partial charge in [-0.1, -0.05) is 37.0 Å². The van der Waals surface area contributed by atoms with E-state index >= 15 is 0 Å². The number of halogens is 1. The Morgan fingerprint density at radius 3 is 2.30 bits per heavy atom. The van der Waals surface area contributed by atoms with Gasteiger partial charge in [-0.05, 0) is 31.9 Å². The molecule has 6 heteroatoms. The van der Waals surface area contributed by atoms with Crippen LogP contribution in [0.25, 0.3) is 0 Å². The van der Waals surface area contributed by atoms with Crippen LogP contribution in [0.4, 0.5) is 0 Å². The van der Waals surface area contributed by atoms with Crippen molar-refractivity contribution >= 4 is 24.2 Å². The van der Waals surface area contributed by atoms with E-state index in [1.165, 1.54) is 6.42 Å². The molecule has 128 valence electrons. The number of carbonyl (C=O) groups excluding carboxylic acids is 2. The zero-order chi connectivity index (χ0) is 16.0. The first-order valence-corrected chi connectivity index (χ1v) is 7.89. The van der Waals surface area contributed by atoms with Crippen molar-refractivity contribution in [3.63, 3.8) is 0 Å². The summed E-state index contributed by atoms with van der Waals surface area (Å²) >= 11 is 0. The van der Waals surface area contributed by atoms with E-state index in [4.69, 9.17) is 5.73 Å². The highest BCUT2D eigenvalue weighted by atomic mass is 35.5. The predicted molar refractivity (Wildman–Crippen MR) is 93.8 cm³/mol. The quantitative estimate of drug-likeness (QED) is 0.766. The Balaban J connectivity index is 0.00000264. The fourth-order valence-corrected chi connectivity index (χ4v) is 2.74.